The maximum atomic E-state index is 13.7. The summed E-state index contributed by atoms with van der Waals surface area (Å²) in [6, 6.07) is 1.03. The highest BCUT2D eigenvalue weighted by Crippen LogP contribution is 2.41. The molecule has 0 bridgehead atoms. The second-order valence-electron chi connectivity index (χ2n) is 3.26. The third-order valence-electron chi connectivity index (χ3n) is 2.28. The van der Waals surface area contributed by atoms with Crippen LogP contribution >= 0.6 is 15.9 Å². The summed E-state index contributed by atoms with van der Waals surface area (Å²) in [5.41, 5.74) is 4.89. The van der Waals surface area contributed by atoms with Crippen LogP contribution in [0.15, 0.2) is 10.5 Å². The molecule has 0 amide bonds. The highest BCUT2D eigenvalue weighted by molar-refractivity contribution is 9.10. The molecule has 0 aliphatic heterocycles. The van der Waals surface area contributed by atoms with Crippen LogP contribution in [0.5, 0.6) is 11.5 Å². The molecule has 5 nitrogen and oxygen atoms in total. The number of nitrogens with two attached hydrogens (primary N) is 1. The molecule has 0 saturated carbocycles. The maximum absolute atomic E-state index is 13.7. The van der Waals surface area contributed by atoms with Crippen molar-refractivity contribution in [2.75, 3.05) is 13.7 Å². The van der Waals surface area contributed by atoms with Crippen molar-refractivity contribution in [3.63, 3.8) is 0 Å². The predicted octanol–water partition coefficient (Wildman–Crippen LogP) is 1.43. The number of hydrogen-bond acceptors (Lipinski definition) is 4. The van der Waals surface area contributed by atoms with Crippen molar-refractivity contribution in [3.8, 4) is 11.5 Å². The summed E-state index contributed by atoms with van der Waals surface area (Å²) in [5, 5.41) is 18.7. The Kier molecular flexibility index (Phi) is 4.30. The molecule has 0 fully saturated rings. The number of carbonyl (C=O) groups is 1. The molecular weight excluding hydrogens is 297 g/mol. The van der Waals surface area contributed by atoms with Crippen LogP contribution in [0.25, 0.3) is 0 Å². The Morgan fingerprint density at radius 2 is 2.29 bits per heavy atom. The third kappa shape index (κ3) is 2.50. The average molecular weight is 308 g/mol. The summed E-state index contributed by atoms with van der Waals surface area (Å²) < 4.78 is 18.7. The molecular formula is C10H11BrFNO4. The molecule has 0 radical (unpaired) electrons. The zero-order chi connectivity index (χ0) is 13.2. The Hall–Kier alpha value is -1.34. The molecule has 1 rings (SSSR count). The molecule has 0 spiro atoms. The van der Waals surface area contributed by atoms with Crippen molar-refractivity contribution in [2.45, 2.75) is 5.92 Å². The lowest BCUT2D eigenvalue weighted by molar-refractivity contribution is -0.138. The highest BCUT2D eigenvalue weighted by Gasteiger charge is 2.28. The number of methoxy groups -OCH3 is 1. The van der Waals surface area contributed by atoms with Gasteiger partial charge in [0.2, 0.25) is 0 Å². The lowest BCUT2D eigenvalue weighted by Gasteiger charge is -2.16. The van der Waals surface area contributed by atoms with Gasteiger partial charge in [-0.3, -0.25) is 4.79 Å². The SMILES string of the molecule is COc1c(Br)cc(F)c(C(CN)C(=O)O)c1O. The van der Waals surface area contributed by atoms with Crippen molar-refractivity contribution >= 4 is 21.9 Å². The van der Waals surface area contributed by atoms with Gasteiger partial charge < -0.3 is 20.7 Å². The standard InChI is InChI=1S/C10H11BrFNO4/c1-17-9-5(11)2-6(12)7(8(9)14)4(3-13)10(15)16/h2,4,14H,3,13H2,1H3,(H,15,16). The second-order valence-corrected chi connectivity index (χ2v) is 4.12. The lowest BCUT2D eigenvalue weighted by atomic mass is 9.97. The van der Waals surface area contributed by atoms with Crippen LogP contribution in [0.2, 0.25) is 0 Å². The predicted molar refractivity (Wildman–Crippen MR) is 61.7 cm³/mol. The minimum absolute atomic E-state index is 0.0268. The molecule has 4 N–H and O–H groups in total. The number of carboxylic acids is 1. The Balaban J connectivity index is 3.47. The van der Waals surface area contributed by atoms with E-state index in [-0.39, 0.29) is 22.3 Å². The molecule has 1 atom stereocenters. The quantitative estimate of drug-likeness (QED) is 0.782. The molecule has 0 heterocycles. The number of aromatic hydroxyl groups is 1. The number of halogens is 2. The minimum atomic E-state index is -1.32. The van der Waals surface area contributed by atoms with Crippen LogP contribution < -0.4 is 10.5 Å². The average Bonchev–Trinajstić information content (AvgIpc) is 2.23. The molecule has 7 heteroatoms. The molecule has 94 valence electrons. The summed E-state index contributed by atoms with van der Waals surface area (Å²) in [5.74, 6) is -4.07. The number of aliphatic carboxylic acids is 1. The van der Waals surface area contributed by atoms with Crippen LogP contribution in [0.4, 0.5) is 4.39 Å². The highest BCUT2D eigenvalue weighted by atomic mass is 79.9. The summed E-state index contributed by atoms with van der Waals surface area (Å²) in [4.78, 5) is 10.9. The van der Waals surface area contributed by atoms with Gasteiger partial charge in [0.1, 0.15) is 11.7 Å². The van der Waals surface area contributed by atoms with E-state index in [9.17, 15) is 14.3 Å². The molecule has 1 aromatic carbocycles. The van der Waals surface area contributed by atoms with Gasteiger partial charge in [-0.25, -0.2) is 4.39 Å². The van der Waals surface area contributed by atoms with E-state index in [1.165, 1.54) is 7.11 Å². The van der Waals surface area contributed by atoms with Crippen LogP contribution in [0, 0.1) is 5.82 Å². The van der Waals surface area contributed by atoms with Crippen LogP contribution in [-0.4, -0.2) is 29.8 Å². The first kappa shape index (κ1) is 13.7. The first-order chi connectivity index (χ1) is 7.93. The van der Waals surface area contributed by atoms with Crippen LogP contribution in [0.1, 0.15) is 11.5 Å². The fourth-order valence-electron chi connectivity index (χ4n) is 1.47. The minimum Gasteiger partial charge on any atom is -0.504 e. The molecule has 1 unspecified atom stereocenters. The Morgan fingerprint density at radius 3 is 2.71 bits per heavy atom. The van der Waals surface area contributed by atoms with Crippen molar-refractivity contribution in [2.24, 2.45) is 5.73 Å². The van der Waals surface area contributed by atoms with Gasteiger partial charge in [0.25, 0.3) is 0 Å². The molecule has 0 saturated heterocycles. The fourth-order valence-corrected chi connectivity index (χ4v) is 2.02. The largest absolute Gasteiger partial charge is 0.504 e. The van der Waals surface area contributed by atoms with Gasteiger partial charge in [0.15, 0.2) is 11.5 Å². The van der Waals surface area contributed by atoms with Gasteiger partial charge in [0.05, 0.1) is 11.6 Å². The van der Waals surface area contributed by atoms with E-state index in [4.69, 9.17) is 15.6 Å². The molecule has 17 heavy (non-hydrogen) atoms. The van der Waals surface area contributed by atoms with E-state index in [1.807, 2.05) is 0 Å². The van der Waals surface area contributed by atoms with Gasteiger partial charge in [0, 0.05) is 12.1 Å². The molecule has 1 aromatic rings. The molecule has 0 aliphatic carbocycles. The zero-order valence-corrected chi connectivity index (χ0v) is 10.5. The normalized spacial score (nSPS) is 12.2. The Labute approximate surface area is 105 Å². The number of hydrogen-bond donors (Lipinski definition) is 3. The van der Waals surface area contributed by atoms with Crippen molar-refractivity contribution in [1.29, 1.82) is 0 Å². The Morgan fingerprint density at radius 1 is 1.71 bits per heavy atom. The fraction of sp³-hybridized carbons (Fsp3) is 0.300. The van der Waals surface area contributed by atoms with E-state index in [1.54, 1.807) is 0 Å². The van der Waals surface area contributed by atoms with Crippen molar-refractivity contribution < 1.29 is 24.1 Å². The van der Waals surface area contributed by atoms with E-state index in [2.05, 4.69) is 15.9 Å². The van der Waals surface area contributed by atoms with Gasteiger partial charge in [-0.15, -0.1) is 0 Å². The van der Waals surface area contributed by atoms with Crippen LogP contribution in [0.3, 0.4) is 0 Å². The van der Waals surface area contributed by atoms with E-state index < -0.39 is 23.5 Å². The van der Waals surface area contributed by atoms with E-state index in [0.717, 1.165) is 6.07 Å². The molecule has 0 aliphatic rings. The first-order valence-electron chi connectivity index (χ1n) is 4.61. The number of rotatable bonds is 4. The van der Waals surface area contributed by atoms with E-state index >= 15 is 0 Å². The number of phenolic OH excluding ortho intramolecular Hbond substituents is 1. The summed E-state index contributed by atoms with van der Waals surface area (Å²) in [7, 11) is 1.28. The summed E-state index contributed by atoms with van der Waals surface area (Å²) in [6.45, 7) is -0.329. The third-order valence-corrected chi connectivity index (χ3v) is 2.87. The smallest absolute Gasteiger partial charge is 0.312 e. The Bertz CT molecular complexity index is 452. The zero-order valence-electron chi connectivity index (χ0n) is 8.91. The van der Waals surface area contributed by atoms with Crippen molar-refractivity contribution in [3.05, 3.63) is 21.9 Å². The number of ether oxygens (including phenoxy) is 1. The number of carboxylic acid groups (broad SMARTS) is 1. The lowest BCUT2D eigenvalue weighted by Crippen LogP contribution is -2.22. The van der Waals surface area contributed by atoms with Gasteiger partial charge in [-0.1, -0.05) is 0 Å². The monoisotopic (exact) mass is 307 g/mol. The van der Waals surface area contributed by atoms with Gasteiger partial charge >= 0.3 is 5.97 Å². The maximum Gasteiger partial charge on any atom is 0.312 e. The van der Waals surface area contributed by atoms with Gasteiger partial charge in [-0.2, -0.15) is 0 Å². The van der Waals surface area contributed by atoms with E-state index in [0.29, 0.717) is 0 Å². The second kappa shape index (κ2) is 5.33. The number of phenols is 1. The van der Waals surface area contributed by atoms with Crippen LogP contribution in [-0.2, 0) is 4.79 Å². The summed E-state index contributed by atoms with van der Waals surface area (Å²) >= 11 is 3.00. The summed E-state index contributed by atoms with van der Waals surface area (Å²) in [6.07, 6.45) is 0. The topological polar surface area (TPSA) is 92.8 Å². The van der Waals surface area contributed by atoms with Gasteiger partial charge in [-0.05, 0) is 22.0 Å². The first-order valence-corrected chi connectivity index (χ1v) is 5.41. The number of benzene rings is 1. The molecule has 0 aromatic heterocycles. The van der Waals surface area contributed by atoms with Crippen molar-refractivity contribution in [1.82, 2.24) is 0 Å².